The normalized spacial score (nSPS) is 22.4. The Morgan fingerprint density at radius 3 is 2.64 bits per heavy atom. The Bertz CT molecular complexity index is 294. The molecule has 1 heterocycles. The predicted molar refractivity (Wildman–Crippen MR) is 58.8 cm³/mol. The van der Waals surface area contributed by atoms with Crippen LogP contribution >= 0.6 is 0 Å². The van der Waals surface area contributed by atoms with E-state index in [2.05, 4.69) is 43.0 Å². The van der Waals surface area contributed by atoms with Crippen molar-refractivity contribution in [3.05, 3.63) is 29.8 Å². The molecule has 0 N–H and O–H groups in total. The van der Waals surface area contributed by atoms with Crippen LogP contribution in [-0.4, -0.2) is 25.8 Å². The number of hydrogen-bond donors (Lipinski definition) is 0. The van der Waals surface area contributed by atoms with Gasteiger partial charge in [-0.15, -0.1) is 0 Å². The van der Waals surface area contributed by atoms with Crippen molar-refractivity contribution in [1.29, 1.82) is 0 Å². The zero-order valence-electron chi connectivity index (χ0n) is 8.86. The Morgan fingerprint density at radius 1 is 1.29 bits per heavy atom. The number of benzene rings is 1. The summed E-state index contributed by atoms with van der Waals surface area (Å²) in [6.45, 7) is 7.02. The number of nitrogens with zero attached hydrogens (tertiary/aromatic N) is 1. The Morgan fingerprint density at radius 2 is 2.00 bits per heavy atom. The van der Waals surface area contributed by atoms with Crippen LogP contribution < -0.4 is 4.90 Å². The molecule has 76 valence electrons. The van der Waals surface area contributed by atoms with Crippen molar-refractivity contribution < 1.29 is 4.74 Å². The zero-order valence-corrected chi connectivity index (χ0v) is 8.86. The standard InChI is InChI=1S/C12H17NO/c1-10-3-5-12(6-4-10)13-7-8-14-9-11(13)2/h3-6,11H,7-9H2,1-2H3/t11-/m0/s1. The lowest BCUT2D eigenvalue weighted by molar-refractivity contribution is 0.0989. The van der Waals surface area contributed by atoms with Gasteiger partial charge in [0.05, 0.1) is 13.2 Å². The molecule has 0 aromatic heterocycles. The third-order valence-electron chi connectivity index (χ3n) is 2.73. The molecule has 2 nitrogen and oxygen atoms in total. The van der Waals surface area contributed by atoms with Crippen molar-refractivity contribution in [3.63, 3.8) is 0 Å². The highest BCUT2D eigenvalue weighted by atomic mass is 16.5. The van der Waals surface area contributed by atoms with Crippen LogP contribution in [0.1, 0.15) is 12.5 Å². The monoisotopic (exact) mass is 191 g/mol. The van der Waals surface area contributed by atoms with Crippen molar-refractivity contribution in [2.45, 2.75) is 19.9 Å². The highest BCUT2D eigenvalue weighted by molar-refractivity contribution is 5.48. The fraction of sp³-hybridized carbons (Fsp3) is 0.500. The van der Waals surface area contributed by atoms with Crippen LogP contribution in [0.4, 0.5) is 5.69 Å². The minimum Gasteiger partial charge on any atom is -0.377 e. The summed E-state index contributed by atoms with van der Waals surface area (Å²) in [5, 5.41) is 0. The van der Waals surface area contributed by atoms with Crippen LogP contribution in [-0.2, 0) is 4.74 Å². The predicted octanol–water partition coefficient (Wildman–Crippen LogP) is 2.22. The number of rotatable bonds is 1. The maximum absolute atomic E-state index is 5.42. The van der Waals surface area contributed by atoms with Gasteiger partial charge in [-0.3, -0.25) is 0 Å². The van der Waals surface area contributed by atoms with Gasteiger partial charge >= 0.3 is 0 Å². The number of aryl methyl sites for hydroxylation is 1. The lowest BCUT2D eigenvalue weighted by Gasteiger charge is -2.35. The topological polar surface area (TPSA) is 12.5 Å². The lowest BCUT2D eigenvalue weighted by Crippen LogP contribution is -2.43. The highest BCUT2D eigenvalue weighted by Gasteiger charge is 2.18. The second-order valence-electron chi connectivity index (χ2n) is 3.95. The summed E-state index contributed by atoms with van der Waals surface area (Å²) in [6.07, 6.45) is 0. The Hall–Kier alpha value is -1.02. The van der Waals surface area contributed by atoms with Gasteiger partial charge in [0.15, 0.2) is 0 Å². The van der Waals surface area contributed by atoms with E-state index in [1.165, 1.54) is 11.3 Å². The Balaban J connectivity index is 2.16. The maximum Gasteiger partial charge on any atom is 0.0668 e. The molecule has 0 bridgehead atoms. The van der Waals surface area contributed by atoms with Crippen LogP contribution in [0.3, 0.4) is 0 Å². The maximum atomic E-state index is 5.42. The van der Waals surface area contributed by atoms with Crippen LogP contribution in [0.15, 0.2) is 24.3 Å². The minimum atomic E-state index is 0.492. The molecule has 0 unspecified atom stereocenters. The summed E-state index contributed by atoms with van der Waals surface area (Å²) in [5.41, 5.74) is 2.63. The summed E-state index contributed by atoms with van der Waals surface area (Å²) in [5.74, 6) is 0. The summed E-state index contributed by atoms with van der Waals surface area (Å²) >= 11 is 0. The summed E-state index contributed by atoms with van der Waals surface area (Å²) in [7, 11) is 0. The molecule has 1 aromatic rings. The molecule has 0 aliphatic carbocycles. The minimum absolute atomic E-state index is 0.492. The van der Waals surface area contributed by atoms with Crippen LogP contribution in [0.5, 0.6) is 0 Å². The molecule has 0 amide bonds. The SMILES string of the molecule is Cc1ccc(N2CCOC[C@@H]2C)cc1. The Kier molecular flexibility index (Phi) is 2.73. The van der Waals surface area contributed by atoms with E-state index in [4.69, 9.17) is 4.74 Å². The molecule has 0 saturated carbocycles. The van der Waals surface area contributed by atoms with Crippen molar-refractivity contribution in [3.8, 4) is 0 Å². The second kappa shape index (κ2) is 4.01. The molecule has 14 heavy (non-hydrogen) atoms. The molecular formula is C12H17NO. The summed E-state index contributed by atoms with van der Waals surface area (Å²) in [6, 6.07) is 9.20. The molecule has 1 atom stereocenters. The van der Waals surface area contributed by atoms with Crippen molar-refractivity contribution in [2.24, 2.45) is 0 Å². The van der Waals surface area contributed by atoms with Gasteiger partial charge in [0, 0.05) is 18.3 Å². The van der Waals surface area contributed by atoms with Gasteiger partial charge in [0.2, 0.25) is 0 Å². The van der Waals surface area contributed by atoms with Gasteiger partial charge < -0.3 is 9.64 Å². The molecule has 1 saturated heterocycles. The van der Waals surface area contributed by atoms with E-state index in [1.807, 2.05) is 0 Å². The highest BCUT2D eigenvalue weighted by Crippen LogP contribution is 2.19. The van der Waals surface area contributed by atoms with Gasteiger partial charge in [-0.25, -0.2) is 0 Å². The summed E-state index contributed by atoms with van der Waals surface area (Å²) in [4.78, 5) is 2.41. The first-order valence-electron chi connectivity index (χ1n) is 5.18. The van der Waals surface area contributed by atoms with Crippen molar-refractivity contribution >= 4 is 5.69 Å². The average Bonchev–Trinajstić information content (AvgIpc) is 2.20. The fourth-order valence-corrected chi connectivity index (χ4v) is 1.85. The number of morpholine rings is 1. The van der Waals surface area contributed by atoms with E-state index < -0.39 is 0 Å². The van der Waals surface area contributed by atoms with Gasteiger partial charge in [-0.05, 0) is 26.0 Å². The number of hydrogen-bond acceptors (Lipinski definition) is 2. The third kappa shape index (κ3) is 1.90. The molecule has 2 rings (SSSR count). The quantitative estimate of drug-likeness (QED) is 0.675. The van der Waals surface area contributed by atoms with Gasteiger partial charge in [0.1, 0.15) is 0 Å². The zero-order chi connectivity index (χ0) is 9.97. The smallest absolute Gasteiger partial charge is 0.0668 e. The van der Waals surface area contributed by atoms with E-state index >= 15 is 0 Å². The first-order valence-corrected chi connectivity index (χ1v) is 5.18. The second-order valence-corrected chi connectivity index (χ2v) is 3.95. The van der Waals surface area contributed by atoms with Crippen molar-refractivity contribution in [2.75, 3.05) is 24.7 Å². The molecule has 1 aliphatic heterocycles. The number of ether oxygens (including phenoxy) is 1. The fourth-order valence-electron chi connectivity index (χ4n) is 1.85. The van der Waals surface area contributed by atoms with E-state index in [1.54, 1.807) is 0 Å². The summed E-state index contributed by atoms with van der Waals surface area (Å²) < 4.78 is 5.42. The number of anilines is 1. The largest absolute Gasteiger partial charge is 0.377 e. The average molecular weight is 191 g/mol. The van der Waals surface area contributed by atoms with Gasteiger partial charge in [0.25, 0.3) is 0 Å². The Labute approximate surface area is 85.5 Å². The molecule has 0 radical (unpaired) electrons. The first kappa shape index (κ1) is 9.53. The molecule has 1 aliphatic rings. The van der Waals surface area contributed by atoms with E-state index in [-0.39, 0.29) is 0 Å². The van der Waals surface area contributed by atoms with Crippen LogP contribution in [0, 0.1) is 6.92 Å². The van der Waals surface area contributed by atoms with E-state index in [0.29, 0.717) is 6.04 Å². The third-order valence-corrected chi connectivity index (χ3v) is 2.73. The molecule has 0 spiro atoms. The molecule has 2 heteroatoms. The lowest BCUT2D eigenvalue weighted by atomic mass is 10.1. The van der Waals surface area contributed by atoms with E-state index in [0.717, 1.165) is 19.8 Å². The van der Waals surface area contributed by atoms with Crippen LogP contribution in [0.2, 0.25) is 0 Å². The van der Waals surface area contributed by atoms with Gasteiger partial charge in [-0.2, -0.15) is 0 Å². The van der Waals surface area contributed by atoms with Crippen molar-refractivity contribution in [1.82, 2.24) is 0 Å². The molecular weight excluding hydrogens is 174 g/mol. The van der Waals surface area contributed by atoms with Gasteiger partial charge in [-0.1, -0.05) is 17.7 Å². The van der Waals surface area contributed by atoms with Crippen LogP contribution in [0.25, 0.3) is 0 Å². The molecule has 1 aromatic carbocycles. The van der Waals surface area contributed by atoms with E-state index in [9.17, 15) is 0 Å². The molecule has 1 fully saturated rings. The first-order chi connectivity index (χ1) is 6.77.